The molecule has 1 aromatic carbocycles. The third kappa shape index (κ3) is 2.54. The fourth-order valence-electron chi connectivity index (χ4n) is 1.36. The lowest BCUT2D eigenvalue weighted by atomic mass is 10.3. The minimum Gasteiger partial charge on any atom is -0.439 e. The number of anilines is 1. The van der Waals surface area contributed by atoms with Crippen LogP contribution in [0.2, 0.25) is 0 Å². The molecule has 0 aliphatic rings. The third-order valence-electron chi connectivity index (χ3n) is 2.37. The number of aromatic nitrogens is 1. The predicted molar refractivity (Wildman–Crippen MR) is 66.6 cm³/mol. The van der Waals surface area contributed by atoms with E-state index in [1.54, 1.807) is 19.1 Å². The average Bonchev–Trinajstić information content (AvgIpc) is 2.34. The summed E-state index contributed by atoms with van der Waals surface area (Å²) in [5.74, 6) is 0.882. The van der Waals surface area contributed by atoms with Gasteiger partial charge in [0.15, 0.2) is 0 Å². The number of nitro groups is 1. The van der Waals surface area contributed by atoms with Crippen molar-refractivity contribution in [2.45, 2.75) is 6.92 Å². The minimum atomic E-state index is -0.463. The number of benzene rings is 1. The van der Waals surface area contributed by atoms with Gasteiger partial charge in [-0.15, -0.1) is 0 Å². The average molecular weight is 245 g/mol. The highest BCUT2D eigenvalue weighted by Gasteiger charge is 2.06. The molecular weight excluding hydrogens is 234 g/mol. The van der Waals surface area contributed by atoms with Gasteiger partial charge in [0.2, 0.25) is 5.88 Å². The summed E-state index contributed by atoms with van der Waals surface area (Å²) in [7, 11) is 0. The van der Waals surface area contributed by atoms with Gasteiger partial charge in [-0.3, -0.25) is 10.1 Å². The summed E-state index contributed by atoms with van der Waals surface area (Å²) in [6, 6.07) is 9.13. The Kier molecular flexibility index (Phi) is 3.09. The molecule has 2 aromatic rings. The first kappa shape index (κ1) is 11.8. The zero-order chi connectivity index (χ0) is 13.1. The van der Waals surface area contributed by atoms with Gasteiger partial charge >= 0.3 is 0 Å². The topological polar surface area (TPSA) is 91.3 Å². The van der Waals surface area contributed by atoms with Crippen LogP contribution in [0.25, 0.3) is 0 Å². The van der Waals surface area contributed by atoms with Crippen LogP contribution in [0.15, 0.2) is 36.4 Å². The van der Waals surface area contributed by atoms with E-state index in [0.29, 0.717) is 23.0 Å². The van der Waals surface area contributed by atoms with E-state index in [4.69, 9.17) is 10.5 Å². The molecule has 92 valence electrons. The Morgan fingerprint density at radius 1 is 1.22 bits per heavy atom. The maximum atomic E-state index is 10.5. The molecule has 0 aliphatic carbocycles. The smallest absolute Gasteiger partial charge is 0.269 e. The van der Waals surface area contributed by atoms with Gasteiger partial charge in [-0.25, -0.2) is 4.98 Å². The summed E-state index contributed by atoms with van der Waals surface area (Å²) >= 11 is 0. The number of hydrogen-bond acceptors (Lipinski definition) is 5. The van der Waals surface area contributed by atoms with Gasteiger partial charge < -0.3 is 10.5 Å². The molecule has 0 radical (unpaired) electrons. The van der Waals surface area contributed by atoms with Crippen molar-refractivity contribution < 1.29 is 9.66 Å². The van der Waals surface area contributed by atoms with E-state index in [0.717, 1.165) is 0 Å². The first-order valence-electron chi connectivity index (χ1n) is 5.21. The van der Waals surface area contributed by atoms with E-state index in [-0.39, 0.29) is 5.69 Å². The monoisotopic (exact) mass is 245 g/mol. The lowest BCUT2D eigenvalue weighted by Crippen LogP contribution is -1.95. The summed E-state index contributed by atoms with van der Waals surface area (Å²) in [6.45, 7) is 1.78. The molecule has 2 rings (SSSR count). The molecule has 6 nitrogen and oxygen atoms in total. The number of nitrogens with two attached hydrogens (primary N) is 1. The molecule has 0 saturated carbocycles. The van der Waals surface area contributed by atoms with Crippen molar-refractivity contribution in [1.82, 2.24) is 4.98 Å². The van der Waals surface area contributed by atoms with Crippen molar-refractivity contribution in [2.24, 2.45) is 0 Å². The first-order chi connectivity index (χ1) is 8.56. The second-order valence-electron chi connectivity index (χ2n) is 3.68. The van der Waals surface area contributed by atoms with Crippen molar-refractivity contribution in [2.75, 3.05) is 5.73 Å². The van der Waals surface area contributed by atoms with Gasteiger partial charge in [-0.2, -0.15) is 0 Å². The van der Waals surface area contributed by atoms with Crippen LogP contribution in [0.3, 0.4) is 0 Å². The zero-order valence-electron chi connectivity index (χ0n) is 9.66. The Morgan fingerprint density at radius 2 is 1.89 bits per heavy atom. The molecule has 1 heterocycles. The van der Waals surface area contributed by atoms with Crippen LogP contribution in [0, 0.1) is 17.0 Å². The molecular formula is C12H11N3O3. The zero-order valence-corrected chi connectivity index (χ0v) is 9.66. The minimum absolute atomic E-state index is 0.0174. The number of nitro benzene ring substituents is 1. The van der Waals surface area contributed by atoms with Crippen molar-refractivity contribution in [3.8, 4) is 11.6 Å². The molecule has 2 N–H and O–H groups in total. The standard InChI is InChI=1S/C12H11N3O3/c1-8-11(13)6-7-12(14-8)18-10-4-2-9(3-5-10)15(16)17/h2-7H,13H2,1H3. The predicted octanol–water partition coefficient (Wildman–Crippen LogP) is 2.67. The molecule has 18 heavy (non-hydrogen) atoms. The summed E-state index contributed by atoms with van der Waals surface area (Å²) in [6.07, 6.45) is 0. The molecule has 1 aromatic heterocycles. The molecule has 0 spiro atoms. The van der Waals surface area contributed by atoms with Gasteiger partial charge in [-0.1, -0.05) is 0 Å². The van der Waals surface area contributed by atoms with Crippen molar-refractivity contribution in [3.05, 3.63) is 52.2 Å². The normalized spacial score (nSPS) is 10.1. The number of pyridine rings is 1. The fourth-order valence-corrected chi connectivity index (χ4v) is 1.36. The summed E-state index contributed by atoms with van der Waals surface area (Å²) in [5.41, 5.74) is 6.92. The molecule has 0 atom stereocenters. The Hall–Kier alpha value is -2.63. The first-order valence-corrected chi connectivity index (χ1v) is 5.21. The molecule has 0 aliphatic heterocycles. The highest BCUT2D eigenvalue weighted by Crippen LogP contribution is 2.23. The van der Waals surface area contributed by atoms with Gasteiger partial charge in [0, 0.05) is 18.2 Å². The lowest BCUT2D eigenvalue weighted by Gasteiger charge is -2.06. The van der Waals surface area contributed by atoms with E-state index in [1.807, 2.05) is 0 Å². The number of nitrogens with zero attached hydrogens (tertiary/aromatic N) is 2. The van der Waals surface area contributed by atoms with Crippen molar-refractivity contribution in [3.63, 3.8) is 0 Å². The van der Waals surface area contributed by atoms with Gasteiger partial charge in [-0.05, 0) is 25.1 Å². The number of rotatable bonds is 3. The Morgan fingerprint density at radius 3 is 2.44 bits per heavy atom. The molecule has 0 bridgehead atoms. The third-order valence-corrected chi connectivity index (χ3v) is 2.37. The van der Waals surface area contributed by atoms with E-state index in [9.17, 15) is 10.1 Å². The molecule has 0 fully saturated rings. The van der Waals surface area contributed by atoms with Gasteiger partial charge in [0.1, 0.15) is 5.75 Å². The lowest BCUT2D eigenvalue weighted by molar-refractivity contribution is -0.384. The van der Waals surface area contributed by atoms with Crippen LogP contribution in [0.1, 0.15) is 5.69 Å². The number of aryl methyl sites for hydroxylation is 1. The van der Waals surface area contributed by atoms with Crippen LogP contribution < -0.4 is 10.5 Å². The second-order valence-corrected chi connectivity index (χ2v) is 3.68. The highest BCUT2D eigenvalue weighted by atomic mass is 16.6. The molecule has 0 saturated heterocycles. The van der Waals surface area contributed by atoms with Crippen LogP contribution in [-0.2, 0) is 0 Å². The van der Waals surface area contributed by atoms with E-state index in [1.165, 1.54) is 24.3 Å². The van der Waals surface area contributed by atoms with Crippen molar-refractivity contribution >= 4 is 11.4 Å². The number of ether oxygens (including phenoxy) is 1. The van der Waals surface area contributed by atoms with Crippen LogP contribution in [0.5, 0.6) is 11.6 Å². The maximum Gasteiger partial charge on any atom is 0.269 e. The van der Waals surface area contributed by atoms with E-state index < -0.39 is 4.92 Å². The highest BCUT2D eigenvalue weighted by molar-refractivity contribution is 5.44. The number of hydrogen-bond donors (Lipinski definition) is 1. The SMILES string of the molecule is Cc1nc(Oc2ccc([N+](=O)[O-])cc2)ccc1N. The number of nitrogen functional groups attached to an aromatic ring is 1. The quantitative estimate of drug-likeness (QED) is 0.663. The van der Waals surface area contributed by atoms with Crippen molar-refractivity contribution in [1.29, 1.82) is 0 Å². The van der Waals surface area contributed by atoms with Crippen LogP contribution in [-0.4, -0.2) is 9.91 Å². The van der Waals surface area contributed by atoms with E-state index in [2.05, 4.69) is 4.98 Å². The summed E-state index contributed by atoms with van der Waals surface area (Å²) in [4.78, 5) is 14.2. The van der Waals surface area contributed by atoms with Crippen LogP contribution >= 0.6 is 0 Å². The van der Waals surface area contributed by atoms with Gasteiger partial charge in [0.05, 0.1) is 16.3 Å². The van der Waals surface area contributed by atoms with Gasteiger partial charge in [0.25, 0.3) is 5.69 Å². The number of non-ortho nitro benzene ring substituents is 1. The Labute approximate surface area is 103 Å². The summed E-state index contributed by atoms with van der Waals surface area (Å²) in [5, 5.41) is 10.5. The largest absolute Gasteiger partial charge is 0.439 e. The van der Waals surface area contributed by atoms with Crippen LogP contribution in [0.4, 0.5) is 11.4 Å². The van der Waals surface area contributed by atoms with E-state index >= 15 is 0 Å². The molecule has 0 unspecified atom stereocenters. The fraction of sp³-hybridized carbons (Fsp3) is 0.0833. The Bertz CT molecular complexity index is 582. The Balaban J connectivity index is 2.18. The maximum absolute atomic E-state index is 10.5. The molecule has 6 heteroatoms. The summed E-state index contributed by atoms with van der Waals surface area (Å²) < 4.78 is 5.46. The second kappa shape index (κ2) is 4.70. The molecule has 0 amide bonds.